The highest BCUT2D eigenvalue weighted by Crippen LogP contribution is 2.32. The Labute approximate surface area is 88.5 Å². The molecule has 0 aliphatic heterocycles. The van der Waals surface area contributed by atoms with E-state index in [0.29, 0.717) is 0 Å². The third-order valence-electron chi connectivity index (χ3n) is 2.86. The lowest BCUT2D eigenvalue weighted by Gasteiger charge is -2.20. The molecule has 0 radical (unpaired) electrons. The summed E-state index contributed by atoms with van der Waals surface area (Å²) < 4.78 is 5.69. The normalized spacial score (nSPS) is 23.1. The third-order valence-corrected chi connectivity index (χ3v) is 2.86. The van der Waals surface area contributed by atoms with Crippen LogP contribution in [0.1, 0.15) is 52.9 Å². The molecule has 1 fully saturated rings. The molecule has 0 saturated heterocycles. The lowest BCUT2D eigenvalue weighted by atomic mass is 9.98. The van der Waals surface area contributed by atoms with Gasteiger partial charge in [0.25, 0.3) is 0 Å². The molecule has 14 heavy (non-hydrogen) atoms. The fourth-order valence-electron chi connectivity index (χ4n) is 2.04. The minimum absolute atomic E-state index is 0.0205. The van der Waals surface area contributed by atoms with Crippen molar-refractivity contribution in [3.05, 3.63) is 12.2 Å². The molecule has 0 spiro atoms. The van der Waals surface area contributed by atoms with Gasteiger partial charge in [-0.2, -0.15) is 0 Å². The van der Waals surface area contributed by atoms with Gasteiger partial charge in [0.05, 0.1) is 5.60 Å². The third kappa shape index (κ3) is 4.28. The highest BCUT2D eigenvalue weighted by molar-refractivity contribution is 5.05. The van der Waals surface area contributed by atoms with Crippen molar-refractivity contribution in [3.8, 4) is 0 Å². The maximum Gasteiger partial charge on any atom is 0.0598 e. The molecule has 1 aliphatic carbocycles. The van der Waals surface area contributed by atoms with Crippen molar-refractivity contribution in [3.63, 3.8) is 0 Å². The highest BCUT2D eigenvalue weighted by atomic mass is 16.5. The van der Waals surface area contributed by atoms with Gasteiger partial charge in [0, 0.05) is 6.61 Å². The maximum absolute atomic E-state index is 5.69. The van der Waals surface area contributed by atoms with Gasteiger partial charge in [-0.1, -0.05) is 12.2 Å². The molecular formula is C13H24O. The van der Waals surface area contributed by atoms with Crippen LogP contribution in [0, 0.1) is 5.92 Å². The topological polar surface area (TPSA) is 9.23 Å². The Morgan fingerprint density at radius 2 is 2.14 bits per heavy atom. The second kappa shape index (κ2) is 4.97. The predicted molar refractivity (Wildman–Crippen MR) is 61.4 cm³/mol. The van der Waals surface area contributed by atoms with Crippen molar-refractivity contribution in [2.24, 2.45) is 5.92 Å². The van der Waals surface area contributed by atoms with Crippen molar-refractivity contribution in [1.29, 1.82) is 0 Å². The number of allylic oxidation sites excluding steroid dienone is 1. The van der Waals surface area contributed by atoms with Gasteiger partial charge < -0.3 is 4.74 Å². The fourth-order valence-corrected chi connectivity index (χ4v) is 2.04. The van der Waals surface area contributed by atoms with Gasteiger partial charge in [-0.3, -0.25) is 0 Å². The largest absolute Gasteiger partial charge is 0.376 e. The van der Waals surface area contributed by atoms with Crippen LogP contribution in [0.2, 0.25) is 0 Å². The molecule has 0 heterocycles. The van der Waals surface area contributed by atoms with Crippen molar-refractivity contribution < 1.29 is 4.74 Å². The van der Waals surface area contributed by atoms with Crippen LogP contribution in [0.5, 0.6) is 0 Å². The molecule has 1 saturated carbocycles. The second-order valence-corrected chi connectivity index (χ2v) is 5.35. The van der Waals surface area contributed by atoms with E-state index in [1.165, 1.54) is 37.7 Å². The predicted octanol–water partition coefficient (Wildman–Crippen LogP) is 3.94. The molecule has 0 bridgehead atoms. The summed E-state index contributed by atoms with van der Waals surface area (Å²) in [6.07, 6.45) is 6.42. The summed E-state index contributed by atoms with van der Waals surface area (Å²) in [5, 5.41) is 0. The van der Waals surface area contributed by atoms with Crippen LogP contribution in [-0.2, 0) is 4.74 Å². The second-order valence-electron chi connectivity index (χ2n) is 5.35. The first-order valence-electron chi connectivity index (χ1n) is 5.81. The van der Waals surface area contributed by atoms with E-state index in [2.05, 4.69) is 27.4 Å². The first kappa shape index (κ1) is 11.8. The molecule has 82 valence electrons. The van der Waals surface area contributed by atoms with E-state index in [1.54, 1.807) is 0 Å². The van der Waals surface area contributed by atoms with Gasteiger partial charge in [0.2, 0.25) is 0 Å². The van der Waals surface area contributed by atoms with E-state index in [9.17, 15) is 0 Å². The molecule has 1 rings (SSSR count). The highest BCUT2D eigenvalue weighted by Gasteiger charge is 2.18. The lowest BCUT2D eigenvalue weighted by molar-refractivity contribution is -0.00546. The zero-order valence-corrected chi connectivity index (χ0v) is 9.94. The Balaban J connectivity index is 2.07. The Morgan fingerprint density at radius 1 is 1.43 bits per heavy atom. The zero-order chi connectivity index (χ0) is 10.6. The van der Waals surface area contributed by atoms with Gasteiger partial charge in [-0.15, -0.1) is 0 Å². The van der Waals surface area contributed by atoms with Crippen molar-refractivity contribution >= 4 is 0 Å². The van der Waals surface area contributed by atoms with E-state index >= 15 is 0 Å². The minimum atomic E-state index is 0.0205. The van der Waals surface area contributed by atoms with Gasteiger partial charge in [0.1, 0.15) is 0 Å². The molecule has 1 nitrogen and oxygen atoms in total. The Morgan fingerprint density at radius 3 is 2.64 bits per heavy atom. The first-order chi connectivity index (χ1) is 6.49. The van der Waals surface area contributed by atoms with Crippen molar-refractivity contribution in [2.45, 2.75) is 58.5 Å². The Hall–Kier alpha value is -0.300. The average molecular weight is 196 g/mol. The molecule has 0 aromatic carbocycles. The fraction of sp³-hybridized carbons (Fsp3) is 0.846. The zero-order valence-electron chi connectivity index (χ0n) is 9.94. The monoisotopic (exact) mass is 196 g/mol. The summed E-state index contributed by atoms with van der Waals surface area (Å²) in [5.41, 5.74) is 1.49. The van der Waals surface area contributed by atoms with Crippen LogP contribution < -0.4 is 0 Å². The summed E-state index contributed by atoms with van der Waals surface area (Å²) >= 11 is 0. The minimum Gasteiger partial charge on any atom is -0.376 e. The molecule has 0 aromatic rings. The smallest absolute Gasteiger partial charge is 0.0598 e. The van der Waals surface area contributed by atoms with E-state index in [1.807, 2.05) is 0 Å². The summed E-state index contributed by atoms with van der Waals surface area (Å²) in [4.78, 5) is 0. The standard InChI is InChI=1S/C13H24O/c1-11-7-5-8-12(11)9-6-10-14-13(2,3)4/h12H,1,5-10H2,2-4H3/t12-/m1/s1. The number of rotatable bonds is 4. The molecule has 0 unspecified atom stereocenters. The van der Waals surface area contributed by atoms with Crippen LogP contribution >= 0.6 is 0 Å². The van der Waals surface area contributed by atoms with E-state index in [4.69, 9.17) is 4.74 Å². The molecule has 1 atom stereocenters. The van der Waals surface area contributed by atoms with Crippen molar-refractivity contribution in [2.75, 3.05) is 6.61 Å². The van der Waals surface area contributed by atoms with E-state index in [-0.39, 0.29) is 5.60 Å². The molecule has 1 heteroatoms. The van der Waals surface area contributed by atoms with Crippen LogP contribution in [0.25, 0.3) is 0 Å². The summed E-state index contributed by atoms with van der Waals surface area (Å²) in [6.45, 7) is 11.4. The Bertz CT molecular complexity index is 188. The summed E-state index contributed by atoms with van der Waals surface area (Å²) in [6, 6.07) is 0. The van der Waals surface area contributed by atoms with E-state index < -0.39 is 0 Å². The van der Waals surface area contributed by atoms with E-state index in [0.717, 1.165) is 12.5 Å². The summed E-state index contributed by atoms with van der Waals surface area (Å²) in [5.74, 6) is 0.790. The quantitative estimate of drug-likeness (QED) is 0.489. The van der Waals surface area contributed by atoms with Gasteiger partial charge >= 0.3 is 0 Å². The van der Waals surface area contributed by atoms with Crippen LogP contribution in [0.3, 0.4) is 0 Å². The van der Waals surface area contributed by atoms with Crippen LogP contribution in [0.15, 0.2) is 12.2 Å². The number of ether oxygens (including phenoxy) is 1. The molecule has 0 aromatic heterocycles. The first-order valence-corrected chi connectivity index (χ1v) is 5.81. The summed E-state index contributed by atoms with van der Waals surface area (Å²) in [7, 11) is 0. The van der Waals surface area contributed by atoms with Gasteiger partial charge in [-0.25, -0.2) is 0 Å². The molecular weight excluding hydrogens is 172 g/mol. The average Bonchev–Trinajstić information content (AvgIpc) is 2.44. The molecule has 1 aliphatic rings. The SMILES string of the molecule is C=C1CCC[C@@H]1CCCOC(C)(C)C. The maximum atomic E-state index is 5.69. The Kier molecular flexibility index (Phi) is 4.18. The van der Waals surface area contributed by atoms with Crippen molar-refractivity contribution in [1.82, 2.24) is 0 Å². The molecule has 0 amide bonds. The lowest BCUT2D eigenvalue weighted by Crippen LogP contribution is -2.20. The van der Waals surface area contributed by atoms with Crippen LogP contribution in [-0.4, -0.2) is 12.2 Å². The van der Waals surface area contributed by atoms with Crippen LogP contribution in [0.4, 0.5) is 0 Å². The number of hydrogen-bond acceptors (Lipinski definition) is 1. The molecule has 0 N–H and O–H groups in total. The van der Waals surface area contributed by atoms with Gasteiger partial charge in [-0.05, 0) is 58.8 Å². The number of hydrogen-bond donors (Lipinski definition) is 0. The van der Waals surface area contributed by atoms with Gasteiger partial charge in [0.15, 0.2) is 0 Å².